The Morgan fingerprint density at radius 3 is 2.30 bits per heavy atom. The van der Waals surface area contributed by atoms with Gasteiger partial charge in [0.05, 0.1) is 11.6 Å². The van der Waals surface area contributed by atoms with Crippen molar-refractivity contribution >= 4 is 11.8 Å². The van der Waals surface area contributed by atoms with Gasteiger partial charge >= 0.3 is 0 Å². The van der Waals surface area contributed by atoms with E-state index in [4.69, 9.17) is 5.26 Å². The van der Waals surface area contributed by atoms with Crippen molar-refractivity contribution in [3.8, 4) is 6.07 Å². The van der Waals surface area contributed by atoms with Crippen molar-refractivity contribution < 1.29 is 9.59 Å². The summed E-state index contributed by atoms with van der Waals surface area (Å²) in [7, 11) is 0. The first-order valence-corrected chi connectivity index (χ1v) is 6.68. The summed E-state index contributed by atoms with van der Waals surface area (Å²) in [4.78, 5) is 25.3. The SMILES string of the molecule is CCN(CC)C(=O)CCNC(=O)c1ccc(C#N)cc1. The lowest BCUT2D eigenvalue weighted by Crippen LogP contribution is -2.34. The van der Waals surface area contributed by atoms with Gasteiger partial charge in [-0.05, 0) is 38.1 Å². The minimum Gasteiger partial charge on any atom is -0.352 e. The Hall–Kier alpha value is -2.35. The Kier molecular flexibility index (Phi) is 6.24. The molecule has 0 atom stereocenters. The second-order valence-electron chi connectivity index (χ2n) is 4.26. The smallest absolute Gasteiger partial charge is 0.251 e. The predicted octanol–water partition coefficient (Wildman–Crippen LogP) is 1.55. The highest BCUT2D eigenvalue weighted by Gasteiger charge is 2.10. The molecule has 0 aliphatic heterocycles. The molecule has 1 N–H and O–H groups in total. The molecule has 1 aromatic rings. The number of benzene rings is 1. The number of nitrogens with one attached hydrogen (secondary N) is 1. The van der Waals surface area contributed by atoms with E-state index >= 15 is 0 Å². The fourth-order valence-electron chi connectivity index (χ4n) is 1.82. The van der Waals surface area contributed by atoms with E-state index in [0.717, 1.165) is 0 Å². The van der Waals surface area contributed by atoms with Gasteiger partial charge in [0.1, 0.15) is 0 Å². The van der Waals surface area contributed by atoms with E-state index in [1.807, 2.05) is 19.9 Å². The first-order chi connectivity index (χ1) is 9.62. The van der Waals surface area contributed by atoms with Gasteiger partial charge < -0.3 is 10.2 Å². The third-order valence-corrected chi connectivity index (χ3v) is 3.02. The summed E-state index contributed by atoms with van der Waals surface area (Å²) < 4.78 is 0. The van der Waals surface area contributed by atoms with E-state index in [-0.39, 0.29) is 11.8 Å². The molecule has 0 fully saturated rings. The maximum absolute atomic E-state index is 11.8. The lowest BCUT2D eigenvalue weighted by Gasteiger charge is -2.18. The summed E-state index contributed by atoms with van der Waals surface area (Å²) in [6.45, 7) is 5.53. The number of rotatable bonds is 6. The second-order valence-corrected chi connectivity index (χ2v) is 4.26. The number of hydrogen-bond donors (Lipinski definition) is 1. The van der Waals surface area contributed by atoms with Crippen LogP contribution in [-0.4, -0.2) is 36.3 Å². The molecule has 0 radical (unpaired) electrons. The standard InChI is InChI=1S/C15H19N3O2/c1-3-18(4-2)14(19)9-10-17-15(20)13-7-5-12(11-16)6-8-13/h5-8H,3-4,9-10H2,1-2H3,(H,17,20). The van der Waals surface area contributed by atoms with Crippen LogP contribution in [0, 0.1) is 11.3 Å². The van der Waals surface area contributed by atoms with Gasteiger partial charge in [0.25, 0.3) is 5.91 Å². The summed E-state index contributed by atoms with van der Waals surface area (Å²) in [6, 6.07) is 8.38. The van der Waals surface area contributed by atoms with E-state index in [9.17, 15) is 9.59 Å². The van der Waals surface area contributed by atoms with Gasteiger partial charge in [-0.2, -0.15) is 5.26 Å². The zero-order chi connectivity index (χ0) is 15.0. The lowest BCUT2D eigenvalue weighted by molar-refractivity contribution is -0.130. The maximum Gasteiger partial charge on any atom is 0.251 e. The maximum atomic E-state index is 11.8. The van der Waals surface area contributed by atoms with Gasteiger partial charge in [-0.3, -0.25) is 9.59 Å². The Morgan fingerprint density at radius 1 is 1.20 bits per heavy atom. The first-order valence-electron chi connectivity index (χ1n) is 6.68. The van der Waals surface area contributed by atoms with Crippen molar-refractivity contribution in [2.24, 2.45) is 0 Å². The minimum absolute atomic E-state index is 0.0372. The highest BCUT2D eigenvalue weighted by Crippen LogP contribution is 2.03. The van der Waals surface area contributed by atoms with Crippen molar-refractivity contribution in [2.75, 3.05) is 19.6 Å². The Morgan fingerprint density at radius 2 is 1.80 bits per heavy atom. The fourth-order valence-corrected chi connectivity index (χ4v) is 1.82. The van der Waals surface area contributed by atoms with Gasteiger partial charge in [0.15, 0.2) is 0 Å². The molecule has 0 saturated carbocycles. The summed E-state index contributed by atoms with van der Waals surface area (Å²) >= 11 is 0. The van der Waals surface area contributed by atoms with Crippen LogP contribution >= 0.6 is 0 Å². The van der Waals surface area contributed by atoms with Crippen LogP contribution in [0.2, 0.25) is 0 Å². The Labute approximate surface area is 119 Å². The minimum atomic E-state index is -0.234. The van der Waals surface area contributed by atoms with Gasteiger partial charge in [-0.1, -0.05) is 0 Å². The zero-order valence-corrected chi connectivity index (χ0v) is 11.8. The van der Waals surface area contributed by atoms with E-state index in [1.165, 1.54) is 0 Å². The van der Waals surface area contributed by atoms with Gasteiger partial charge in [0, 0.05) is 31.6 Å². The summed E-state index contributed by atoms with van der Waals surface area (Å²) in [5, 5.41) is 11.4. The van der Waals surface area contributed by atoms with E-state index in [1.54, 1.807) is 29.2 Å². The highest BCUT2D eigenvalue weighted by molar-refractivity contribution is 5.94. The molecule has 0 saturated heterocycles. The molecule has 0 aliphatic carbocycles. The number of carbonyl (C=O) groups is 2. The molecular formula is C15H19N3O2. The van der Waals surface area contributed by atoms with Crippen LogP contribution in [0.1, 0.15) is 36.2 Å². The molecule has 1 aromatic carbocycles. The Bertz CT molecular complexity index is 499. The van der Waals surface area contributed by atoms with Crippen molar-refractivity contribution in [3.05, 3.63) is 35.4 Å². The fraction of sp³-hybridized carbons (Fsp3) is 0.400. The average molecular weight is 273 g/mol. The van der Waals surface area contributed by atoms with Gasteiger partial charge in [0.2, 0.25) is 5.91 Å². The van der Waals surface area contributed by atoms with Crippen LogP contribution in [0.15, 0.2) is 24.3 Å². The molecule has 2 amide bonds. The molecule has 0 aliphatic rings. The number of nitrogens with zero attached hydrogens (tertiary/aromatic N) is 2. The monoisotopic (exact) mass is 273 g/mol. The van der Waals surface area contributed by atoms with Crippen molar-refractivity contribution in [1.82, 2.24) is 10.2 Å². The average Bonchev–Trinajstić information content (AvgIpc) is 2.48. The van der Waals surface area contributed by atoms with Crippen LogP contribution in [0.4, 0.5) is 0 Å². The molecule has 0 unspecified atom stereocenters. The highest BCUT2D eigenvalue weighted by atomic mass is 16.2. The van der Waals surface area contributed by atoms with Crippen molar-refractivity contribution in [1.29, 1.82) is 5.26 Å². The number of hydrogen-bond acceptors (Lipinski definition) is 3. The van der Waals surface area contributed by atoms with Crippen LogP contribution < -0.4 is 5.32 Å². The molecule has 0 spiro atoms. The molecular weight excluding hydrogens is 254 g/mol. The van der Waals surface area contributed by atoms with Gasteiger partial charge in [-0.15, -0.1) is 0 Å². The second kappa shape index (κ2) is 7.95. The van der Waals surface area contributed by atoms with E-state index < -0.39 is 0 Å². The van der Waals surface area contributed by atoms with E-state index in [2.05, 4.69) is 5.32 Å². The van der Waals surface area contributed by atoms with Crippen LogP contribution in [0.25, 0.3) is 0 Å². The molecule has 106 valence electrons. The third-order valence-electron chi connectivity index (χ3n) is 3.02. The van der Waals surface area contributed by atoms with Crippen LogP contribution in [0.3, 0.4) is 0 Å². The number of carbonyl (C=O) groups excluding carboxylic acids is 2. The van der Waals surface area contributed by atoms with Crippen molar-refractivity contribution in [2.45, 2.75) is 20.3 Å². The third kappa shape index (κ3) is 4.39. The largest absolute Gasteiger partial charge is 0.352 e. The predicted molar refractivity (Wildman–Crippen MR) is 76.0 cm³/mol. The summed E-state index contributed by atoms with van der Waals surface area (Å²) in [5.41, 5.74) is 0.998. The summed E-state index contributed by atoms with van der Waals surface area (Å²) in [5.74, 6) is -0.197. The zero-order valence-electron chi connectivity index (χ0n) is 11.8. The topological polar surface area (TPSA) is 73.2 Å². The lowest BCUT2D eigenvalue weighted by atomic mass is 10.1. The van der Waals surface area contributed by atoms with E-state index in [0.29, 0.717) is 37.2 Å². The van der Waals surface area contributed by atoms with Crippen molar-refractivity contribution in [3.63, 3.8) is 0 Å². The molecule has 5 heteroatoms. The quantitative estimate of drug-likeness (QED) is 0.854. The van der Waals surface area contributed by atoms with Gasteiger partial charge in [-0.25, -0.2) is 0 Å². The molecule has 1 rings (SSSR count). The summed E-state index contributed by atoms with van der Waals surface area (Å²) in [6.07, 6.45) is 0.295. The molecule has 0 bridgehead atoms. The first kappa shape index (κ1) is 15.7. The molecule has 0 aromatic heterocycles. The van der Waals surface area contributed by atoms with Crippen LogP contribution in [0.5, 0.6) is 0 Å². The van der Waals surface area contributed by atoms with Crippen LogP contribution in [-0.2, 0) is 4.79 Å². The number of nitriles is 1. The normalized spacial score (nSPS) is 9.65. The molecule has 20 heavy (non-hydrogen) atoms. The number of amides is 2. The molecule has 0 heterocycles. The molecule has 5 nitrogen and oxygen atoms in total. The Balaban J connectivity index is 2.43.